The van der Waals surface area contributed by atoms with E-state index in [4.69, 9.17) is 25.4 Å². The van der Waals surface area contributed by atoms with Crippen molar-refractivity contribution in [2.75, 3.05) is 24.7 Å². The maximum Gasteiger partial charge on any atom is 0.351 e. The maximum atomic E-state index is 11.5. The molecule has 31 heavy (non-hydrogen) atoms. The van der Waals surface area contributed by atoms with E-state index in [0.29, 0.717) is 11.3 Å². The van der Waals surface area contributed by atoms with E-state index in [1.54, 1.807) is 31.3 Å². The number of aromatic nitrogens is 4. The van der Waals surface area contributed by atoms with Crippen LogP contribution in [0.1, 0.15) is 18.0 Å². The zero-order chi connectivity index (χ0) is 22.5. The highest BCUT2D eigenvalue weighted by atomic mass is 32.2. The number of ether oxygens (including phenoxy) is 2. The Morgan fingerprint density at radius 2 is 2.00 bits per heavy atom. The lowest BCUT2D eigenvalue weighted by Crippen LogP contribution is -2.33. The van der Waals surface area contributed by atoms with Gasteiger partial charge in [-0.3, -0.25) is 18.9 Å². The number of aliphatic hydroxyl groups is 2. The van der Waals surface area contributed by atoms with Crippen LogP contribution in [0.3, 0.4) is 0 Å². The van der Waals surface area contributed by atoms with Crippen molar-refractivity contribution in [3.05, 3.63) is 67.5 Å². The summed E-state index contributed by atoms with van der Waals surface area (Å²) in [4.78, 5) is 39.9. The van der Waals surface area contributed by atoms with Gasteiger partial charge in [-0.05, 0) is 19.1 Å². The summed E-state index contributed by atoms with van der Waals surface area (Å²) in [5.74, 6) is 0.817. The molecule has 0 bridgehead atoms. The van der Waals surface area contributed by atoms with Gasteiger partial charge < -0.3 is 25.4 Å². The van der Waals surface area contributed by atoms with Gasteiger partial charge in [0.1, 0.15) is 23.6 Å². The Balaban J connectivity index is 0.000000176. The third kappa shape index (κ3) is 5.51. The fourth-order valence-corrected chi connectivity index (χ4v) is 3.79. The van der Waals surface area contributed by atoms with Gasteiger partial charge in [0, 0.05) is 23.7 Å². The lowest BCUT2D eigenvalue weighted by Gasteiger charge is -2.14. The number of aryl methyl sites for hydroxylation is 1. The van der Waals surface area contributed by atoms with Gasteiger partial charge >= 0.3 is 11.4 Å². The van der Waals surface area contributed by atoms with Crippen LogP contribution >= 0.6 is 11.8 Å². The normalized spacial score (nSPS) is 24.7. The number of nitrogen functional groups attached to an aromatic ring is 1. The molecule has 0 radical (unpaired) electrons. The first-order chi connectivity index (χ1) is 14.8. The highest BCUT2D eigenvalue weighted by molar-refractivity contribution is 8.00. The number of nitrogens with zero attached hydrogens (tertiary/aromatic N) is 3. The Hall–Kier alpha value is -2.71. The van der Waals surface area contributed by atoms with Crippen LogP contribution in [-0.4, -0.2) is 59.8 Å². The number of thioether (sulfide) groups is 1. The summed E-state index contributed by atoms with van der Waals surface area (Å²) in [5, 5.41) is 17.8. The summed E-state index contributed by atoms with van der Waals surface area (Å²) in [6.07, 6.45) is 5.00. The van der Waals surface area contributed by atoms with Crippen molar-refractivity contribution >= 4 is 17.6 Å². The third-order valence-corrected chi connectivity index (χ3v) is 5.56. The van der Waals surface area contributed by atoms with Crippen molar-refractivity contribution in [1.82, 2.24) is 19.1 Å². The first-order valence-corrected chi connectivity index (χ1v) is 10.4. The van der Waals surface area contributed by atoms with Crippen LogP contribution in [0.5, 0.6) is 0 Å². The van der Waals surface area contributed by atoms with Crippen molar-refractivity contribution < 1.29 is 19.7 Å². The molecule has 0 aliphatic carbocycles. The zero-order valence-electron chi connectivity index (χ0n) is 16.6. The molecule has 12 nitrogen and oxygen atoms in total. The minimum absolute atomic E-state index is 0.0572. The quantitative estimate of drug-likeness (QED) is 0.407. The smallest absolute Gasteiger partial charge is 0.351 e. The van der Waals surface area contributed by atoms with Crippen molar-refractivity contribution in [2.45, 2.75) is 30.9 Å². The molecule has 4 atom stereocenters. The Bertz CT molecular complexity index is 1110. The molecular weight excluding hydrogens is 430 g/mol. The monoisotopic (exact) mass is 453 g/mol. The van der Waals surface area contributed by atoms with E-state index in [0.717, 1.165) is 0 Å². The second-order valence-electron chi connectivity index (χ2n) is 6.69. The van der Waals surface area contributed by atoms with Gasteiger partial charge in [0.15, 0.2) is 6.23 Å². The minimum atomic E-state index is -0.569. The lowest BCUT2D eigenvalue weighted by atomic mass is 10.3. The number of hydrogen-bond donors (Lipinski definition) is 4. The van der Waals surface area contributed by atoms with Crippen LogP contribution in [0.15, 0.2) is 45.0 Å². The summed E-state index contributed by atoms with van der Waals surface area (Å²) in [6.45, 7) is 1.42. The van der Waals surface area contributed by atoms with E-state index >= 15 is 0 Å². The number of nitrogens with two attached hydrogens (primary N) is 1. The lowest BCUT2D eigenvalue weighted by molar-refractivity contribution is -0.0104. The minimum Gasteiger partial charge on any atom is -0.393 e. The highest BCUT2D eigenvalue weighted by Crippen LogP contribution is 2.30. The largest absolute Gasteiger partial charge is 0.393 e. The number of anilines is 1. The average Bonchev–Trinajstić information content (AvgIpc) is 3.40. The van der Waals surface area contributed by atoms with Crippen molar-refractivity contribution in [3.8, 4) is 0 Å². The van der Waals surface area contributed by atoms with E-state index in [2.05, 4.69) is 9.97 Å². The predicted molar refractivity (Wildman–Crippen MR) is 113 cm³/mol. The van der Waals surface area contributed by atoms with Gasteiger partial charge in [0.05, 0.1) is 13.2 Å². The SMILES string of the molecule is Cc1cn([C@H]2C=C[C@@H](CO)O2)c(=O)[nH]c1=O.Nc1ccn([C@@H]2CS[C@H](CO)O2)c(=O)n1. The van der Waals surface area contributed by atoms with Gasteiger partial charge in [0.25, 0.3) is 5.56 Å². The Morgan fingerprint density at radius 1 is 1.23 bits per heavy atom. The van der Waals surface area contributed by atoms with Gasteiger partial charge in [-0.1, -0.05) is 6.08 Å². The molecule has 1 fully saturated rings. The molecule has 1 saturated heterocycles. The number of nitrogens with one attached hydrogen (secondary N) is 1. The molecule has 0 saturated carbocycles. The number of H-pyrrole nitrogens is 1. The fraction of sp³-hybridized carbons (Fsp3) is 0.444. The first kappa shape index (κ1) is 23.0. The molecule has 0 amide bonds. The predicted octanol–water partition coefficient (Wildman–Crippen LogP) is -1.30. The van der Waals surface area contributed by atoms with Crippen LogP contribution in [0.2, 0.25) is 0 Å². The molecule has 0 unspecified atom stereocenters. The number of aromatic amines is 1. The van der Waals surface area contributed by atoms with E-state index in [9.17, 15) is 14.4 Å². The zero-order valence-corrected chi connectivity index (χ0v) is 17.4. The molecule has 5 N–H and O–H groups in total. The van der Waals surface area contributed by atoms with E-state index in [1.807, 2.05) is 0 Å². The molecule has 0 aromatic carbocycles. The number of rotatable bonds is 4. The summed E-state index contributed by atoms with van der Waals surface area (Å²) in [6, 6.07) is 1.54. The Labute approximate surface area is 180 Å². The van der Waals surface area contributed by atoms with Crippen LogP contribution in [0.4, 0.5) is 5.82 Å². The van der Waals surface area contributed by atoms with Gasteiger partial charge in [-0.15, -0.1) is 11.8 Å². The Kier molecular flexibility index (Phi) is 7.46. The molecule has 2 aliphatic rings. The van der Waals surface area contributed by atoms with Gasteiger partial charge in [-0.25, -0.2) is 9.59 Å². The second kappa shape index (κ2) is 10.1. The van der Waals surface area contributed by atoms with Gasteiger partial charge in [-0.2, -0.15) is 4.98 Å². The molecule has 168 valence electrons. The molecule has 2 aromatic heterocycles. The molecule has 4 heterocycles. The van der Waals surface area contributed by atoms with Crippen molar-refractivity contribution in [3.63, 3.8) is 0 Å². The summed E-state index contributed by atoms with van der Waals surface area (Å²) in [5.41, 5.74) is 4.18. The maximum absolute atomic E-state index is 11.5. The summed E-state index contributed by atoms with van der Waals surface area (Å²) < 4.78 is 13.4. The van der Waals surface area contributed by atoms with Crippen LogP contribution in [-0.2, 0) is 9.47 Å². The van der Waals surface area contributed by atoms with Crippen LogP contribution in [0, 0.1) is 6.92 Å². The average molecular weight is 453 g/mol. The molecule has 2 aliphatic heterocycles. The number of aliphatic hydroxyl groups excluding tert-OH is 2. The third-order valence-electron chi connectivity index (χ3n) is 4.45. The van der Waals surface area contributed by atoms with E-state index in [1.165, 1.54) is 27.1 Å². The van der Waals surface area contributed by atoms with E-state index < -0.39 is 29.3 Å². The molecule has 13 heteroatoms. The molecular formula is C18H23N5O7S. The number of hydrogen-bond acceptors (Lipinski definition) is 10. The fourth-order valence-electron chi connectivity index (χ4n) is 2.86. The standard InChI is InChI=1S/C10H12N2O4.C8H11N3O3S/c1-6-4-12(10(15)11-9(6)14)8-3-2-7(5-13)16-8;9-5-1-2-11(8(13)10-5)6-4-15-7(3-12)14-6/h2-4,7-8,13H,5H2,1H3,(H,11,14,15);1-2,6-7,12H,3-4H2,(H2,9,10,13)/t7-,8+;6-,7+/m00/s1. The first-order valence-electron chi connectivity index (χ1n) is 9.31. The van der Waals surface area contributed by atoms with E-state index in [-0.39, 0.29) is 30.7 Å². The topological polar surface area (TPSA) is 175 Å². The second-order valence-corrected chi connectivity index (χ2v) is 7.88. The summed E-state index contributed by atoms with van der Waals surface area (Å²) >= 11 is 1.47. The Morgan fingerprint density at radius 3 is 2.61 bits per heavy atom. The molecule has 0 spiro atoms. The van der Waals surface area contributed by atoms with Crippen molar-refractivity contribution in [2.24, 2.45) is 0 Å². The van der Waals surface area contributed by atoms with Crippen LogP contribution < -0.4 is 22.7 Å². The summed E-state index contributed by atoms with van der Waals surface area (Å²) in [7, 11) is 0. The molecule has 2 aromatic rings. The molecule has 4 rings (SSSR count). The van der Waals surface area contributed by atoms with Gasteiger partial charge in [0.2, 0.25) is 0 Å². The highest BCUT2D eigenvalue weighted by Gasteiger charge is 2.27. The van der Waals surface area contributed by atoms with Crippen molar-refractivity contribution in [1.29, 1.82) is 0 Å². The van der Waals surface area contributed by atoms with Crippen LogP contribution in [0.25, 0.3) is 0 Å².